The number of thiophene rings is 1. The van der Waals surface area contributed by atoms with Gasteiger partial charge >= 0.3 is 0 Å². The second kappa shape index (κ2) is 5.66. The number of rotatable bonds is 6. The summed E-state index contributed by atoms with van der Waals surface area (Å²) in [6, 6.07) is 6.73. The molecule has 5 nitrogen and oxygen atoms in total. The molecule has 0 amide bonds. The van der Waals surface area contributed by atoms with Gasteiger partial charge in [0.25, 0.3) is 0 Å². The van der Waals surface area contributed by atoms with E-state index in [-0.39, 0.29) is 10.8 Å². The van der Waals surface area contributed by atoms with E-state index in [2.05, 4.69) is 4.72 Å². The van der Waals surface area contributed by atoms with Crippen molar-refractivity contribution in [3.63, 3.8) is 0 Å². The summed E-state index contributed by atoms with van der Waals surface area (Å²) in [4.78, 5) is 0. The van der Waals surface area contributed by atoms with Gasteiger partial charge in [0.2, 0.25) is 10.0 Å². The first kappa shape index (κ1) is 13.3. The Bertz CT molecular complexity index is 560. The lowest BCUT2D eigenvalue weighted by molar-refractivity contribution is 0.0878. The van der Waals surface area contributed by atoms with Crippen molar-refractivity contribution in [1.29, 1.82) is 0 Å². The molecular weight excluding hydrogens is 274 g/mol. The number of sulfonamides is 1. The van der Waals surface area contributed by atoms with E-state index in [4.69, 9.17) is 9.15 Å². The number of hydrogen-bond acceptors (Lipinski definition) is 5. The summed E-state index contributed by atoms with van der Waals surface area (Å²) in [5.41, 5.74) is 0. The van der Waals surface area contributed by atoms with Crippen molar-refractivity contribution >= 4 is 21.4 Å². The molecule has 0 aliphatic heterocycles. The lowest BCUT2D eigenvalue weighted by Crippen LogP contribution is -2.28. The van der Waals surface area contributed by atoms with Crippen LogP contribution in [0.15, 0.2) is 44.5 Å². The zero-order valence-corrected chi connectivity index (χ0v) is 11.3. The molecule has 0 aliphatic carbocycles. The first-order valence-electron chi connectivity index (χ1n) is 5.23. The molecule has 2 aromatic heterocycles. The molecule has 0 saturated carbocycles. The Labute approximate surface area is 109 Å². The quantitative estimate of drug-likeness (QED) is 0.882. The van der Waals surface area contributed by atoms with E-state index in [1.807, 2.05) is 0 Å². The van der Waals surface area contributed by atoms with Crippen molar-refractivity contribution in [2.24, 2.45) is 0 Å². The average molecular weight is 287 g/mol. The van der Waals surface area contributed by atoms with Crippen molar-refractivity contribution in [3.8, 4) is 0 Å². The SMILES string of the molecule is COC(CNS(=O)(=O)c1cccs1)c1ccco1. The number of hydrogen-bond donors (Lipinski definition) is 1. The van der Waals surface area contributed by atoms with E-state index in [9.17, 15) is 8.42 Å². The molecule has 0 aromatic carbocycles. The van der Waals surface area contributed by atoms with E-state index in [0.29, 0.717) is 5.76 Å². The van der Waals surface area contributed by atoms with Crippen LogP contribution in [0.5, 0.6) is 0 Å². The van der Waals surface area contributed by atoms with Crippen LogP contribution in [0, 0.1) is 0 Å². The molecular formula is C11H13NO4S2. The van der Waals surface area contributed by atoms with Gasteiger partial charge in [0.05, 0.1) is 6.26 Å². The van der Waals surface area contributed by atoms with Gasteiger partial charge in [-0.05, 0) is 23.6 Å². The standard InChI is InChI=1S/C11H13NO4S2/c1-15-10(9-4-2-6-16-9)8-12-18(13,14)11-5-3-7-17-11/h2-7,10,12H,8H2,1H3. The van der Waals surface area contributed by atoms with Gasteiger partial charge in [-0.1, -0.05) is 6.07 Å². The van der Waals surface area contributed by atoms with Gasteiger partial charge in [0.1, 0.15) is 16.1 Å². The van der Waals surface area contributed by atoms with Crippen molar-refractivity contribution in [1.82, 2.24) is 4.72 Å². The summed E-state index contributed by atoms with van der Waals surface area (Å²) in [5, 5.41) is 1.72. The smallest absolute Gasteiger partial charge is 0.250 e. The Morgan fingerprint density at radius 3 is 2.83 bits per heavy atom. The van der Waals surface area contributed by atoms with Gasteiger partial charge in [0.15, 0.2) is 0 Å². The minimum atomic E-state index is -3.47. The van der Waals surface area contributed by atoms with E-state index in [1.54, 1.807) is 29.6 Å². The largest absolute Gasteiger partial charge is 0.467 e. The van der Waals surface area contributed by atoms with Crippen LogP contribution in [0.4, 0.5) is 0 Å². The zero-order chi connectivity index (χ0) is 13.0. The highest BCUT2D eigenvalue weighted by atomic mass is 32.2. The fraction of sp³-hybridized carbons (Fsp3) is 0.273. The number of ether oxygens (including phenoxy) is 1. The summed E-state index contributed by atoms with van der Waals surface area (Å²) >= 11 is 1.17. The number of nitrogens with one attached hydrogen (secondary N) is 1. The molecule has 2 rings (SSSR count). The maximum absolute atomic E-state index is 11.9. The van der Waals surface area contributed by atoms with E-state index >= 15 is 0 Å². The van der Waals surface area contributed by atoms with Crippen LogP contribution in [0.25, 0.3) is 0 Å². The minimum Gasteiger partial charge on any atom is -0.467 e. The number of furan rings is 1. The molecule has 18 heavy (non-hydrogen) atoms. The van der Waals surface area contributed by atoms with E-state index < -0.39 is 16.1 Å². The van der Waals surface area contributed by atoms with Crippen LogP contribution < -0.4 is 4.72 Å². The molecule has 7 heteroatoms. The Morgan fingerprint density at radius 2 is 2.28 bits per heavy atom. The molecule has 0 saturated heterocycles. The van der Waals surface area contributed by atoms with Crippen molar-refractivity contribution < 1.29 is 17.6 Å². The van der Waals surface area contributed by atoms with Crippen LogP contribution in [-0.4, -0.2) is 22.1 Å². The average Bonchev–Trinajstić information content (AvgIpc) is 3.03. The first-order valence-corrected chi connectivity index (χ1v) is 7.59. The lowest BCUT2D eigenvalue weighted by Gasteiger charge is -2.13. The Balaban J connectivity index is 2.03. The summed E-state index contributed by atoms with van der Waals surface area (Å²) in [6.45, 7) is 0.129. The van der Waals surface area contributed by atoms with Crippen LogP contribution in [-0.2, 0) is 14.8 Å². The fourth-order valence-corrected chi connectivity index (χ4v) is 3.52. The first-order chi connectivity index (χ1) is 8.63. The van der Waals surface area contributed by atoms with E-state index in [1.165, 1.54) is 24.7 Å². The predicted octanol–water partition coefficient (Wildman–Crippen LogP) is 2.01. The lowest BCUT2D eigenvalue weighted by atomic mass is 10.3. The molecule has 1 atom stereocenters. The molecule has 0 spiro atoms. The summed E-state index contributed by atoms with van der Waals surface area (Å²) < 4.78 is 37.0. The molecule has 1 N–H and O–H groups in total. The molecule has 2 aromatic rings. The monoisotopic (exact) mass is 287 g/mol. The third kappa shape index (κ3) is 2.99. The molecule has 0 bridgehead atoms. The van der Waals surface area contributed by atoms with Gasteiger partial charge in [0, 0.05) is 13.7 Å². The van der Waals surface area contributed by atoms with Crippen LogP contribution in [0.2, 0.25) is 0 Å². The predicted molar refractivity (Wildman–Crippen MR) is 68.0 cm³/mol. The highest BCUT2D eigenvalue weighted by Crippen LogP contribution is 2.19. The number of methoxy groups -OCH3 is 1. The Hall–Kier alpha value is -1.15. The third-order valence-electron chi connectivity index (χ3n) is 2.36. The Morgan fingerprint density at radius 1 is 1.44 bits per heavy atom. The molecule has 2 heterocycles. The molecule has 1 unspecified atom stereocenters. The second-order valence-electron chi connectivity index (χ2n) is 3.52. The minimum absolute atomic E-state index is 0.129. The van der Waals surface area contributed by atoms with Crippen molar-refractivity contribution in [3.05, 3.63) is 41.7 Å². The summed E-state index contributed by atoms with van der Waals surface area (Å²) in [5.74, 6) is 0.589. The maximum Gasteiger partial charge on any atom is 0.250 e. The highest BCUT2D eigenvalue weighted by Gasteiger charge is 2.19. The van der Waals surface area contributed by atoms with Crippen molar-refractivity contribution in [2.45, 2.75) is 10.3 Å². The van der Waals surface area contributed by atoms with Gasteiger partial charge in [-0.15, -0.1) is 11.3 Å². The normalized spacial score (nSPS) is 13.6. The van der Waals surface area contributed by atoms with Gasteiger partial charge in [-0.2, -0.15) is 0 Å². The topological polar surface area (TPSA) is 68.5 Å². The molecule has 0 radical (unpaired) electrons. The van der Waals surface area contributed by atoms with Crippen LogP contribution >= 0.6 is 11.3 Å². The molecule has 0 aliphatic rings. The highest BCUT2D eigenvalue weighted by molar-refractivity contribution is 7.91. The maximum atomic E-state index is 11.9. The summed E-state index contributed by atoms with van der Waals surface area (Å²) in [6.07, 6.45) is 1.09. The zero-order valence-electron chi connectivity index (χ0n) is 9.70. The third-order valence-corrected chi connectivity index (χ3v) is 5.18. The Kier molecular flexibility index (Phi) is 4.18. The van der Waals surface area contributed by atoms with Gasteiger partial charge in [-0.3, -0.25) is 0 Å². The van der Waals surface area contributed by atoms with Crippen LogP contribution in [0.3, 0.4) is 0 Å². The van der Waals surface area contributed by atoms with Crippen molar-refractivity contribution in [2.75, 3.05) is 13.7 Å². The fourth-order valence-electron chi connectivity index (χ4n) is 1.45. The second-order valence-corrected chi connectivity index (χ2v) is 6.47. The van der Waals surface area contributed by atoms with Gasteiger partial charge in [-0.25, -0.2) is 13.1 Å². The summed E-state index contributed by atoms with van der Waals surface area (Å²) in [7, 11) is -1.96. The van der Waals surface area contributed by atoms with Gasteiger partial charge < -0.3 is 9.15 Å². The molecule has 98 valence electrons. The van der Waals surface area contributed by atoms with Crippen LogP contribution in [0.1, 0.15) is 11.9 Å². The molecule has 0 fully saturated rings. The van der Waals surface area contributed by atoms with E-state index in [0.717, 1.165) is 0 Å².